The topological polar surface area (TPSA) is 234 Å². The van der Waals surface area contributed by atoms with Crippen LogP contribution in [0.25, 0.3) is 0 Å². The Labute approximate surface area is 235 Å². The van der Waals surface area contributed by atoms with E-state index in [1.54, 1.807) is 31.2 Å². The monoisotopic (exact) mass is 622 g/mol. The number of rotatable bonds is 10. The number of hydrogen-bond donors (Lipinski definition) is 6. The van der Waals surface area contributed by atoms with Crippen LogP contribution < -0.4 is 15.8 Å². The average Bonchev–Trinajstić information content (AvgIpc) is 3.47. The summed E-state index contributed by atoms with van der Waals surface area (Å²) < 4.78 is 58.9. The van der Waals surface area contributed by atoms with Crippen molar-refractivity contribution in [1.29, 1.82) is 5.41 Å². The Morgan fingerprint density at radius 2 is 1.80 bits per heavy atom. The first-order valence-electron chi connectivity index (χ1n) is 11.3. The number of carboxylic acid groups (broad SMARTS) is 2. The number of amidine groups is 1. The van der Waals surface area contributed by atoms with Crippen molar-refractivity contribution in [3.05, 3.63) is 46.1 Å². The van der Waals surface area contributed by atoms with E-state index < -0.39 is 52.7 Å². The zero-order valence-corrected chi connectivity index (χ0v) is 23.0. The first kappa shape index (κ1) is 33.1. The van der Waals surface area contributed by atoms with Gasteiger partial charge in [0.2, 0.25) is 5.91 Å². The van der Waals surface area contributed by atoms with Crippen LogP contribution in [0.4, 0.5) is 13.2 Å². The first-order chi connectivity index (χ1) is 18.9. The molecule has 3 rings (SSSR count). The Morgan fingerprint density at radius 1 is 1.22 bits per heavy atom. The number of nitrogens with zero attached hydrogens (tertiary/aromatic N) is 2. The van der Waals surface area contributed by atoms with Crippen molar-refractivity contribution >= 4 is 50.8 Å². The molecule has 14 nitrogen and oxygen atoms in total. The van der Waals surface area contributed by atoms with Gasteiger partial charge in [0.25, 0.3) is 10.0 Å². The highest BCUT2D eigenvalue weighted by molar-refractivity contribution is 7.91. The number of nitrogen functional groups attached to an aromatic ring is 1. The largest absolute Gasteiger partial charge is 0.490 e. The molecular weight excluding hydrogens is 597 g/mol. The molecule has 224 valence electrons. The summed E-state index contributed by atoms with van der Waals surface area (Å²) in [6.45, 7) is 2.72. The lowest BCUT2D eigenvalue weighted by atomic mass is 10.0. The van der Waals surface area contributed by atoms with Crippen molar-refractivity contribution in [2.24, 2.45) is 10.9 Å². The molecule has 1 aliphatic rings. The number of amides is 1. The number of hydrogen-bond acceptors (Lipinski definition) is 10. The molecule has 1 unspecified atom stereocenters. The van der Waals surface area contributed by atoms with Crippen LogP contribution in [-0.4, -0.2) is 77.9 Å². The van der Waals surface area contributed by atoms with Gasteiger partial charge in [-0.25, -0.2) is 18.2 Å². The smallest absolute Gasteiger partial charge is 0.480 e. The fraction of sp³-hybridized carbons (Fsp3) is 0.364. The van der Waals surface area contributed by atoms with Crippen LogP contribution in [0.15, 0.2) is 33.6 Å². The number of carbonyl (C=O) groups excluding carboxylic acids is 1. The summed E-state index contributed by atoms with van der Waals surface area (Å²) in [6, 6.07) is 5.30. The van der Waals surface area contributed by atoms with Crippen molar-refractivity contribution in [2.45, 2.75) is 49.2 Å². The van der Waals surface area contributed by atoms with Gasteiger partial charge in [0.15, 0.2) is 4.21 Å². The van der Waals surface area contributed by atoms with E-state index in [1.807, 2.05) is 0 Å². The highest BCUT2D eigenvalue weighted by Gasteiger charge is 2.38. The molecule has 0 saturated carbocycles. The van der Waals surface area contributed by atoms with E-state index in [0.717, 1.165) is 16.9 Å². The standard InChI is InChI=1S/C20H24N6O6S2.C2HF3O2/c1-10-20(33-11(2)24-10)34(30,31)26-16(19(28)29)9-23-17(27)8-14-7-15(25-32-14)12-3-5-13(6-4-12)18(21)22;3-2(4,5)1(6)7/h3-6,14,16,26H,7-9H2,1-2H3,(H3,21,22)(H,23,27)(H,28,29);(H,6,7)/t14?,16-;/m0./s1. The van der Waals surface area contributed by atoms with Crippen LogP contribution in [0.1, 0.15) is 34.7 Å². The third-order valence-corrected chi connectivity index (χ3v) is 8.28. The fourth-order valence-electron chi connectivity index (χ4n) is 3.23. The molecule has 1 aromatic carbocycles. The number of aryl methyl sites for hydroxylation is 2. The summed E-state index contributed by atoms with van der Waals surface area (Å²) in [4.78, 5) is 42.1. The molecule has 0 bridgehead atoms. The number of alkyl halides is 3. The third-order valence-electron chi connectivity index (χ3n) is 5.12. The number of halogens is 3. The Hall–Kier alpha value is -4.10. The average molecular weight is 623 g/mol. The zero-order chi connectivity index (χ0) is 31.1. The summed E-state index contributed by atoms with van der Waals surface area (Å²) in [6.07, 6.45) is -5.37. The molecule has 0 fully saturated rings. The maximum absolute atomic E-state index is 12.6. The lowest BCUT2D eigenvalue weighted by Gasteiger charge is -2.16. The molecule has 2 aromatic rings. The number of oxime groups is 1. The summed E-state index contributed by atoms with van der Waals surface area (Å²) >= 11 is 0.933. The molecule has 19 heteroatoms. The number of thiazole rings is 1. The zero-order valence-electron chi connectivity index (χ0n) is 21.4. The summed E-state index contributed by atoms with van der Waals surface area (Å²) in [5.74, 6) is -4.75. The number of carboxylic acids is 2. The van der Waals surface area contributed by atoms with Crippen molar-refractivity contribution in [3.63, 3.8) is 0 Å². The van der Waals surface area contributed by atoms with E-state index in [-0.39, 0.29) is 22.2 Å². The number of aromatic nitrogens is 1. The number of sulfonamides is 1. The summed E-state index contributed by atoms with van der Waals surface area (Å²) in [5.41, 5.74) is 7.67. The lowest BCUT2D eigenvalue weighted by molar-refractivity contribution is -0.192. The van der Waals surface area contributed by atoms with Gasteiger partial charge in [-0.2, -0.15) is 17.9 Å². The molecule has 41 heavy (non-hydrogen) atoms. The Kier molecular flexibility index (Phi) is 10.9. The van der Waals surface area contributed by atoms with Gasteiger partial charge in [0.1, 0.15) is 18.0 Å². The van der Waals surface area contributed by atoms with Crippen molar-refractivity contribution < 1.29 is 51.0 Å². The molecule has 2 atom stereocenters. The normalized spacial score (nSPS) is 15.5. The molecule has 1 aromatic heterocycles. The Morgan fingerprint density at radius 3 is 2.27 bits per heavy atom. The van der Waals surface area contributed by atoms with E-state index in [4.69, 9.17) is 25.9 Å². The second-order valence-electron chi connectivity index (χ2n) is 8.39. The Bertz CT molecular complexity index is 1440. The van der Waals surface area contributed by atoms with Gasteiger partial charge in [0.05, 0.1) is 22.8 Å². The number of benzene rings is 1. The fourth-order valence-corrected chi connectivity index (χ4v) is 5.92. The molecule has 2 heterocycles. The number of nitrogens with one attached hydrogen (secondary N) is 3. The highest BCUT2D eigenvalue weighted by Crippen LogP contribution is 2.23. The number of nitrogens with two attached hydrogens (primary N) is 1. The SMILES string of the molecule is Cc1nc(C)c(S(=O)(=O)N[C@@H](CNC(=O)CC2CC(c3ccc(C(=N)N)cc3)=NO2)C(=O)O)s1.O=C(O)C(F)(F)F. The lowest BCUT2D eigenvalue weighted by Crippen LogP contribution is -2.48. The van der Waals surface area contributed by atoms with Crippen molar-refractivity contribution in [2.75, 3.05) is 6.54 Å². The van der Waals surface area contributed by atoms with E-state index in [1.165, 1.54) is 6.92 Å². The van der Waals surface area contributed by atoms with Crippen LogP contribution in [-0.2, 0) is 29.2 Å². The molecule has 1 amide bonds. The predicted octanol–water partition coefficient (Wildman–Crippen LogP) is 1.11. The molecule has 0 spiro atoms. The van der Waals surface area contributed by atoms with E-state index in [0.29, 0.717) is 22.7 Å². The minimum atomic E-state index is -5.08. The second-order valence-corrected chi connectivity index (χ2v) is 11.5. The maximum Gasteiger partial charge on any atom is 0.490 e. The van der Waals surface area contributed by atoms with Crippen molar-refractivity contribution in [3.8, 4) is 0 Å². The van der Waals surface area contributed by atoms with Gasteiger partial charge in [-0.05, 0) is 19.4 Å². The van der Waals surface area contributed by atoms with Crippen LogP contribution in [0.5, 0.6) is 0 Å². The van der Waals surface area contributed by atoms with E-state index in [9.17, 15) is 36.3 Å². The van der Waals surface area contributed by atoms with Gasteiger partial charge >= 0.3 is 18.1 Å². The second kappa shape index (κ2) is 13.5. The van der Waals surface area contributed by atoms with E-state index >= 15 is 0 Å². The number of aliphatic carboxylic acids is 2. The van der Waals surface area contributed by atoms with Gasteiger partial charge in [-0.3, -0.25) is 15.0 Å². The Balaban J connectivity index is 0.000000745. The minimum Gasteiger partial charge on any atom is -0.480 e. The van der Waals surface area contributed by atoms with Gasteiger partial charge < -0.3 is 26.1 Å². The van der Waals surface area contributed by atoms with E-state index in [2.05, 4.69) is 20.2 Å². The molecule has 1 aliphatic heterocycles. The number of carbonyl (C=O) groups is 3. The van der Waals surface area contributed by atoms with Crippen LogP contribution in [0, 0.1) is 19.3 Å². The third kappa shape index (κ3) is 9.80. The van der Waals surface area contributed by atoms with Gasteiger partial charge in [0, 0.05) is 18.5 Å². The first-order valence-corrected chi connectivity index (χ1v) is 13.6. The van der Waals surface area contributed by atoms with Crippen LogP contribution in [0.3, 0.4) is 0 Å². The molecule has 0 saturated heterocycles. The quantitative estimate of drug-likeness (QED) is 0.163. The predicted molar refractivity (Wildman–Crippen MR) is 138 cm³/mol. The molecule has 0 radical (unpaired) electrons. The summed E-state index contributed by atoms with van der Waals surface area (Å²) in [7, 11) is -4.12. The highest BCUT2D eigenvalue weighted by atomic mass is 32.2. The summed E-state index contributed by atoms with van der Waals surface area (Å²) in [5, 5.41) is 30.9. The van der Waals surface area contributed by atoms with Gasteiger partial charge in [-0.15, -0.1) is 11.3 Å². The molecule has 0 aliphatic carbocycles. The minimum absolute atomic E-state index is 0.0510. The van der Waals surface area contributed by atoms with Crippen molar-refractivity contribution in [1.82, 2.24) is 15.0 Å². The maximum atomic E-state index is 12.6. The molecule has 7 N–H and O–H groups in total. The van der Waals surface area contributed by atoms with Gasteiger partial charge in [-0.1, -0.05) is 29.4 Å². The van der Waals surface area contributed by atoms with Crippen LogP contribution >= 0.6 is 11.3 Å². The van der Waals surface area contributed by atoms with Crippen LogP contribution in [0.2, 0.25) is 0 Å². The molecular formula is C22H25F3N6O8S2.